The van der Waals surface area contributed by atoms with Gasteiger partial charge in [-0.05, 0) is 81.0 Å². The number of allylic oxidation sites excluding steroid dienone is 1. The lowest BCUT2D eigenvalue weighted by Gasteiger charge is -2.40. The minimum atomic E-state index is 0.342. The van der Waals surface area contributed by atoms with Gasteiger partial charge in [0.2, 0.25) is 11.8 Å². The summed E-state index contributed by atoms with van der Waals surface area (Å²) in [5.41, 5.74) is 2.44. The summed E-state index contributed by atoms with van der Waals surface area (Å²) in [6, 6.07) is 9.99. The second kappa shape index (κ2) is 10.1. The SMILES string of the molecule is CC1=CC(CN2CCC(CO)CC2)C(C(C)C)CC1Cc1nnc(-c2ccccc2)o1. The Morgan fingerprint density at radius 3 is 2.55 bits per heavy atom. The average molecular weight is 424 g/mol. The van der Waals surface area contributed by atoms with Crippen LogP contribution >= 0.6 is 0 Å². The number of nitrogens with zero attached hydrogens (tertiary/aromatic N) is 3. The van der Waals surface area contributed by atoms with Crippen LogP contribution in [0.4, 0.5) is 0 Å². The summed E-state index contributed by atoms with van der Waals surface area (Å²) in [7, 11) is 0. The van der Waals surface area contributed by atoms with Crippen LogP contribution in [0.3, 0.4) is 0 Å². The van der Waals surface area contributed by atoms with Crippen LogP contribution in [0.5, 0.6) is 0 Å². The molecule has 1 aliphatic carbocycles. The quantitative estimate of drug-likeness (QED) is 0.646. The molecule has 3 unspecified atom stereocenters. The number of aromatic nitrogens is 2. The first-order valence-corrected chi connectivity index (χ1v) is 11.9. The fraction of sp³-hybridized carbons (Fsp3) is 0.615. The number of piperidine rings is 1. The topological polar surface area (TPSA) is 62.4 Å². The molecule has 168 valence electrons. The zero-order valence-corrected chi connectivity index (χ0v) is 19.2. The van der Waals surface area contributed by atoms with E-state index in [-0.39, 0.29) is 0 Å². The predicted molar refractivity (Wildman–Crippen MR) is 123 cm³/mol. The van der Waals surface area contributed by atoms with Gasteiger partial charge < -0.3 is 14.4 Å². The second-order valence-electron chi connectivity index (χ2n) is 9.91. The number of hydrogen-bond acceptors (Lipinski definition) is 5. The van der Waals surface area contributed by atoms with Crippen LogP contribution in [-0.2, 0) is 6.42 Å². The van der Waals surface area contributed by atoms with Crippen molar-refractivity contribution in [1.29, 1.82) is 0 Å². The number of aliphatic hydroxyl groups excluding tert-OH is 1. The molecule has 31 heavy (non-hydrogen) atoms. The van der Waals surface area contributed by atoms with Gasteiger partial charge in [-0.3, -0.25) is 0 Å². The molecule has 1 N–H and O–H groups in total. The highest BCUT2D eigenvalue weighted by molar-refractivity contribution is 5.51. The Morgan fingerprint density at radius 2 is 1.87 bits per heavy atom. The summed E-state index contributed by atoms with van der Waals surface area (Å²) in [6.07, 6.45) is 6.79. The van der Waals surface area contributed by atoms with Gasteiger partial charge in [0.25, 0.3) is 0 Å². The van der Waals surface area contributed by atoms with Gasteiger partial charge in [-0.15, -0.1) is 10.2 Å². The van der Waals surface area contributed by atoms with E-state index in [1.54, 1.807) is 0 Å². The largest absolute Gasteiger partial charge is 0.421 e. The standard InChI is InChI=1S/C26H37N3O2/c1-18(2)24-14-22(15-25-27-28-26(31-25)21-7-5-4-6-8-21)19(3)13-23(24)16-29-11-9-20(17-30)10-12-29/h4-8,13,18,20,22-24,30H,9-12,14-17H2,1-3H3. The van der Waals surface area contributed by atoms with E-state index in [1.165, 1.54) is 12.0 Å². The Hall–Kier alpha value is -1.98. The molecule has 0 spiro atoms. The Labute approximate surface area is 186 Å². The molecule has 5 heteroatoms. The third-order valence-electron chi connectivity index (χ3n) is 7.43. The Morgan fingerprint density at radius 1 is 1.13 bits per heavy atom. The Kier molecular flexibility index (Phi) is 7.24. The molecule has 2 aliphatic rings. The van der Waals surface area contributed by atoms with Gasteiger partial charge in [-0.25, -0.2) is 0 Å². The third kappa shape index (κ3) is 5.45. The van der Waals surface area contributed by atoms with Gasteiger partial charge in [-0.2, -0.15) is 0 Å². The number of hydrogen-bond donors (Lipinski definition) is 1. The highest BCUT2D eigenvalue weighted by Crippen LogP contribution is 2.39. The van der Waals surface area contributed by atoms with Crippen LogP contribution in [0.25, 0.3) is 11.5 Å². The van der Waals surface area contributed by atoms with Crippen LogP contribution in [-0.4, -0.2) is 46.4 Å². The van der Waals surface area contributed by atoms with E-state index < -0.39 is 0 Å². The van der Waals surface area contributed by atoms with Crippen molar-refractivity contribution in [2.45, 2.75) is 46.5 Å². The number of benzene rings is 1. The van der Waals surface area contributed by atoms with Crippen LogP contribution < -0.4 is 0 Å². The second-order valence-corrected chi connectivity index (χ2v) is 9.91. The average Bonchev–Trinajstić information content (AvgIpc) is 3.25. The van der Waals surface area contributed by atoms with E-state index >= 15 is 0 Å². The van der Waals surface area contributed by atoms with Gasteiger partial charge >= 0.3 is 0 Å². The maximum Gasteiger partial charge on any atom is 0.247 e. The summed E-state index contributed by atoms with van der Waals surface area (Å²) in [6.45, 7) is 10.7. The number of likely N-dealkylation sites (tertiary alicyclic amines) is 1. The van der Waals surface area contributed by atoms with Crippen molar-refractivity contribution < 1.29 is 9.52 Å². The van der Waals surface area contributed by atoms with Crippen LogP contribution in [0.1, 0.15) is 45.9 Å². The highest BCUT2D eigenvalue weighted by atomic mass is 16.4. The van der Waals surface area contributed by atoms with Gasteiger partial charge in [-0.1, -0.05) is 43.7 Å². The van der Waals surface area contributed by atoms with E-state index in [4.69, 9.17) is 4.42 Å². The molecule has 0 amide bonds. The van der Waals surface area contributed by atoms with Crippen molar-refractivity contribution in [2.75, 3.05) is 26.2 Å². The first-order valence-electron chi connectivity index (χ1n) is 11.9. The monoisotopic (exact) mass is 423 g/mol. The van der Waals surface area contributed by atoms with Crippen LogP contribution in [0.2, 0.25) is 0 Å². The summed E-state index contributed by atoms with van der Waals surface area (Å²) < 4.78 is 6.01. The van der Waals surface area contributed by atoms with Crippen LogP contribution in [0, 0.1) is 29.6 Å². The van der Waals surface area contributed by atoms with Gasteiger partial charge in [0.1, 0.15) is 0 Å². The molecule has 1 aromatic heterocycles. The zero-order valence-electron chi connectivity index (χ0n) is 19.2. The smallest absolute Gasteiger partial charge is 0.247 e. The van der Waals surface area contributed by atoms with Crippen molar-refractivity contribution in [3.05, 3.63) is 47.9 Å². The molecular weight excluding hydrogens is 386 g/mol. The molecule has 2 heterocycles. The molecule has 1 aromatic carbocycles. The van der Waals surface area contributed by atoms with Crippen molar-refractivity contribution in [3.63, 3.8) is 0 Å². The molecule has 0 radical (unpaired) electrons. The fourth-order valence-corrected chi connectivity index (χ4v) is 5.38. The fourth-order valence-electron chi connectivity index (χ4n) is 5.38. The summed E-state index contributed by atoms with van der Waals surface area (Å²) in [4.78, 5) is 2.61. The molecule has 2 aromatic rings. The maximum atomic E-state index is 9.42. The Bertz CT molecular complexity index is 853. The van der Waals surface area contributed by atoms with E-state index in [0.29, 0.717) is 42.1 Å². The van der Waals surface area contributed by atoms with Crippen molar-refractivity contribution in [2.24, 2.45) is 29.6 Å². The first-order chi connectivity index (χ1) is 15.0. The molecule has 0 bridgehead atoms. The summed E-state index contributed by atoms with van der Waals surface area (Å²) in [5, 5.41) is 18.0. The first kappa shape index (κ1) is 22.2. The molecule has 1 saturated heterocycles. The maximum absolute atomic E-state index is 9.42. The van der Waals surface area contributed by atoms with Gasteiger partial charge in [0.15, 0.2) is 0 Å². The summed E-state index contributed by atoms with van der Waals surface area (Å²) >= 11 is 0. The lowest BCUT2D eigenvalue weighted by atomic mass is 9.69. The molecule has 1 aliphatic heterocycles. The minimum Gasteiger partial charge on any atom is -0.421 e. The number of aliphatic hydroxyl groups is 1. The van der Waals surface area contributed by atoms with Crippen molar-refractivity contribution in [3.8, 4) is 11.5 Å². The third-order valence-corrected chi connectivity index (χ3v) is 7.43. The predicted octanol–water partition coefficient (Wildman–Crippen LogP) is 4.84. The lowest BCUT2D eigenvalue weighted by Crippen LogP contribution is -2.41. The molecule has 3 atom stereocenters. The molecule has 1 fully saturated rings. The van der Waals surface area contributed by atoms with E-state index in [2.05, 4.69) is 41.9 Å². The Balaban J connectivity index is 1.42. The van der Waals surface area contributed by atoms with E-state index in [9.17, 15) is 5.11 Å². The normalized spacial score (nSPS) is 25.7. The van der Waals surface area contributed by atoms with Gasteiger partial charge in [0, 0.05) is 25.1 Å². The lowest BCUT2D eigenvalue weighted by molar-refractivity contribution is 0.103. The molecular formula is C26H37N3O2. The minimum absolute atomic E-state index is 0.342. The van der Waals surface area contributed by atoms with Crippen LogP contribution in [0.15, 0.2) is 46.4 Å². The molecule has 5 nitrogen and oxygen atoms in total. The molecule has 0 saturated carbocycles. The van der Waals surface area contributed by atoms with Crippen molar-refractivity contribution >= 4 is 0 Å². The summed E-state index contributed by atoms with van der Waals surface area (Å²) in [5.74, 6) is 4.23. The zero-order chi connectivity index (χ0) is 21.8. The highest BCUT2D eigenvalue weighted by Gasteiger charge is 2.34. The van der Waals surface area contributed by atoms with Crippen molar-refractivity contribution in [1.82, 2.24) is 15.1 Å². The van der Waals surface area contributed by atoms with E-state index in [0.717, 1.165) is 50.4 Å². The van der Waals surface area contributed by atoms with Gasteiger partial charge in [0.05, 0.1) is 0 Å². The number of rotatable bonds is 7. The van der Waals surface area contributed by atoms with E-state index in [1.807, 2.05) is 30.3 Å². The molecule has 4 rings (SSSR count).